The van der Waals surface area contributed by atoms with E-state index < -0.39 is 45.9 Å². The first kappa shape index (κ1) is 20.5. The van der Waals surface area contributed by atoms with E-state index in [2.05, 4.69) is 11.8 Å². The van der Waals surface area contributed by atoms with Crippen LogP contribution in [0.1, 0.15) is 39.7 Å². The van der Waals surface area contributed by atoms with Crippen LogP contribution in [0.25, 0.3) is 0 Å². The largest absolute Gasteiger partial charge is 0.464 e. The SMILES string of the molecule is CC#CC[C@@]12OC(OC(C)=O)(C3O[C@]31COCc1ccccc1)C1(C)C(=O)OC[C@]12C. The van der Waals surface area contributed by atoms with Crippen LogP contribution in [0.15, 0.2) is 30.3 Å². The first-order chi connectivity index (χ1) is 14.7. The van der Waals surface area contributed by atoms with Crippen molar-refractivity contribution in [3.05, 3.63) is 35.9 Å². The molecule has 0 saturated carbocycles. The third kappa shape index (κ3) is 2.16. The Balaban J connectivity index is 1.56. The predicted molar refractivity (Wildman–Crippen MR) is 107 cm³/mol. The molecule has 164 valence electrons. The van der Waals surface area contributed by atoms with Gasteiger partial charge in [-0.05, 0) is 19.4 Å². The van der Waals surface area contributed by atoms with Gasteiger partial charge in [-0.2, -0.15) is 0 Å². The number of rotatable bonds is 6. The number of carbonyl (C=O) groups excluding carboxylic acids is 2. The van der Waals surface area contributed by atoms with Crippen LogP contribution in [-0.2, 0) is 39.9 Å². The Bertz CT molecular complexity index is 1010. The minimum atomic E-state index is -1.58. The molecule has 4 heterocycles. The molecule has 7 nitrogen and oxygen atoms in total. The summed E-state index contributed by atoms with van der Waals surface area (Å²) in [5, 5.41) is 0. The highest BCUT2D eigenvalue weighted by Gasteiger charge is 3.02. The summed E-state index contributed by atoms with van der Waals surface area (Å²) in [5.41, 5.74) is -2.91. The second kappa shape index (κ2) is 6.32. The van der Waals surface area contributed by atoms with E-state index in [1.54, 1.807) is 13.8 Å². The van der Waals surface area contributed by atoms with Crippen molar-refractivity contribution < 1.29 is 33.3 Å². The lowest BCUT2D eigenvalue weighted by atomic mass is 9.49. The molecular formula is C24H26O7. The lowest BCUT2D eigenvalue weighted by Gasteiger charge is -2.46. The van der Waals surface area contributed by atoms with Gasteiger partial charge in [0.2, 0.25) is 0 Å². The van der Waals surface area contributed by atoms with Gasteiger partial charge in [-0.1, -0.05) is 37.3 Å². The third-order valence-corrected chi connectivity index (χ3v) is 7.88. The second-order valence-corrected chi connectivity index (χ2v) is 9.19. The Morgan fingerprint density at radius 1 is 1.26 bits per heavy atom. The van der Waals surface area contributed by atoms with E-state index in [1.807, 2.05) is 37.3 Å². The molecule has 5 rings (SSSR count). The summed E-state index contributed by atoms with van der Waals surface area (Å²) in [4.78, 5) is 25.2. The zero-order valence-corrected chi connectivity index (χ0v) is 18.2. The molecule has 1 aromatic carbocycles. The van der Waals surface area contributed by atoms with Gasteiger partial charge in [0.25, 0.3) is 5.79 Å². The molecule has 0 radical (unpaired) electrons. The van der Waals surface area contributed by atoms with Gasteiger partial charge in [0.05, 0.1) is 18.6 Å². The van der Waals surface area contributed by atoms with E-state index in [-0.39, 0.29) is 13.2 Å². The van der Waals surface area contributed by atoms with Gasteiger partial charge in [0.1, 0.15) is 17.6 Å². The second-order valence-electron chi connectivity index (χ2n) is 9.19. The topological polar surface area (TPSA) is 83.6 Å². The Morgan fingerprint density at radius 2 is 2.00 bits per heavy atom. The maximum absolute atomic E-state index is 13.0. The quantitative estimate of drug-likeness (QED) is 0.392. The number of cyclic esters (lactones) is 1. The van der Waals surface area contributed by atoms with Gasteiger partial charge in [-0.15, -0.1) is 11.8 Å². The molecule has 3 unspecified atom stereocenters. The lowest BCUT2D eigenvalue weighted by Crippen LogP contribution is -2.66. The zero-order valence-electron chi connectivity index (χ0n) is 18.2. The van der Waals surface area contributed by atoms with Crippen molar-refractivity contribution in [2.24, 2.45) is 10.8 Å². The number of fused-ring (bicyclic) bond motifs is 8. The van der Waals surface area contributed by atoms with Crippen LogP contribution in [0.3, 0.4) is 0 Å². The van der Waals surface area contributed by atoms with Crippen LogP contribution >= 0.6 is 0 Å². The maximum atomic E-state index is 13.0. The van der Waals surface area contributed by atoms with Crippen LogP contribution in [0.5, 0.6) is 0 Å². The number of ether oxygens (including phenoxy) is 5. The highest BCUT2D eigenvalue weighted by atomic mass is 16.8. The Labute approximate surface area is 181 Å². The predicted octanol–water partition coefficient (Wildman–Crippen LogP) is 2.37. The minimum Gasteiger partial charge on any atom is -0.464 e. The van der Waals surface area contributed by atoms with Crippen LogP contribution in [0.2, 0.25) is 0 Å². The molecule has 0 N–H and O–H groups in total. The van der Waals surface area contributed by atoms with Crippen LogP contribution in [0, 0.1) is 22.7 Å². The number of hydrogen-bond donors (Lipinski definition) is 0. The van der Waals surface area contributed by atoms with Crippen molar-refractivity contribution in [1.29, 1.82) is 0 Å². The van der Waals surface area contributed by atoms with E-state index in [0.717, 1.165) is 5.56 Å². The van der Waals surface area contributed by atoms with Crippen LogP contribution in [0.4, 0.5) is 0 Å². The van der Waals surface area contributed by atoms with E-state index in [9.17, 15) is 9.59 Å². The molecule has 0 aromatic heterocycles. The molecule has 31 heavy (non-hydrogen) atoms. The maximum Gasteiger partial charge on any atom is 0.319 e. The van der Waals surface area contributed by atoms with Gasteiger partial charge >= 0.3 is 11.9 Å². The van der Waals surface area contributed by atoms with Crippen molar-refractivity contribution in [3.63, 3.8) is 0 Å². The fraction of sp³-hybridized carbons (Fsp3) is 0.583. The first-order valence-corrected chi connectivity index (χ1v) is 10.5. The van der Waals surface area contributed by atoms with E-state index >= 15 is 0 Å². The molecular weight excluding hydrogens is 400 g/mol. The molecule has 4 aliphatic rings. The van der Waals surface area contributed by atoms with E-state index in [0.29, 0.717) is 13.0 Å². The molecule has 4 saturated heterocycles. The average Bonchev–Trinajstić information content (AvgIpc) is 3.33. The summed E-state index contributed by atoms with van der Waals surface area (Å²) >= 11 is 0. The molecule has 4 fully saturated rings. The first-order valence-electron chi connectivity index (χ1n) is 10.5. The van der Waals surface area contributed by atoms with Crippen LogP contribution in [-0.4, -0.2) is 48.2 Å². The zero-order chi connectivity index (χ0) is 22.1. The number of carbonyl (C=O) groups is 2. The smallest absolute Gasteiger partial charge is 0.319 e. The molecule has 6 atom stereocenters. The molecule has 0 aliphatic carbocycles. The van der Waals surface area contributed by atoms with Crippen molar-refractivity contribution >= 4 is 11.9 Å². The highest BCUT2D eigenvalue weighted by Crippen LogP contribution is 2.82. The number of epoxide rings is 1. The molecule has 0 spiro atoms. The number of hydrogen-bond acceptors (Lipinski definition) is 7. The van der Waals surface area contributed by atoms with Gasteiger partial charge in [-0.3, -0.25) is 9.59 Å². The van der Waals surface area contributed by atoms with Crippen molar-refractivity contribution in [1.82, 2.24) is 0 Å². The van der Waals surface area contributed by atoms with Crippen molar-refractivity contribution in [2.45, 2.75) is 63.8 Å². The summed E-state index contributed by atoms with van der Waals surface area (Å²) in [6.07, 6.45) is -0.331. The van der Waals surface area contributed by atoms with Crippen LogP contribution < -0.4 is 0 Å². The van der Waals surface area contributed by atoms with E-state index in [4.69, 9.17) is 23.7 Å². The Kier molecular flexibility index (Phi) is 4.18. The monoisotopic (exact) mass is 426 g/mol. The third-order valence-electron chi connectivity index (χ3n) is 7.88. The van der Waals surface area contributed by atoms with Gasteiger partial charge in [0, 0.05) is 13.3 Å². The summed E-state index contributed by atoms with van der Waals surface area (Å²) in [7, 11) is 0. The van der Waals surface area contributed by atoms with Crippen molar-refractivity contribution in [3.8, 4) is 11.8 Å². The number of esters is 2. The minimum absolute atomic E-state index is 0.132. The summed E-state index contributed by atoms with van der Waals surface area (Å²) in [5.74, 6) is 3.48. The normalized spacial score (nSPS) is 43.5. The van der Waals surface area contributed by atoms with Gasteiger partial charge in [0.15, 0.2) is 11.7 Å². The molecule has 4 aliphatic heterocycles. The molecule has 7 heteroatoms. The lowest BCUT2D eigenvalue weighted by molar-refractivity contribution is -0.274. The molecule has 0 amide bonds. The highest BCUT2D eigenvalue weighted by molar-refractivity contribution is 5.85. The standard InChI is InChI=1S/C24H26O7/c1-5-6-12-23-20(3)14-28-19(26)21(20,4)24(31-23,29-16(2)25)18-22(23,30-18)15-27-13-17-10-8-7-9-11-17/h7-11,18H,12-15H2,1-4H3/t18?,20-,21?,22-,23+,24?/m1/s1. The van der Waals surface area contributed by atoms with Gasteiger partial charge < -0.3 is 23.7 Å². The van der Waals surface area contributed by atoms with Gasteiger partial charge in [-0.25, -0.2) is 0 Å². The fourth-order valence-electron chi connectivity index (χ4n) is 6.09. The summed E-state index contributed by atoms with van der Waals surface area (Å²) < 4.78 is 30.3. The fourth-order valence-corrected chi connectivity index (χ4v) is 6.09. The Morgan fingerprint density at radius 3 is 2.68 bits per heavy atom. The Hall–Kier alpha value is -2.40. The summed E-state index contributed by atoms with van der Waals surface area (Å²) in [6, 6.07) is 9.83. The van der Waals surface area contributed by atoms with E-state index in [1.165, 1.54) is 6.92 Å². The molecule has 2 bridgehead atoms. The summed E-state index contributed by atoms with van der Waals surface area (Å²) in [6.45, 7) is 7.51. The molecule has 1 aromatic rings. The van der Waals surface area contributed by atoms with Crippen molar-refractivity contribution in [2.75, 3.05) is 13.2 Å². The number of benzene rings is 1. The average molecular weight is 426 g/mol.